The highest BCUT2D eigenvalue weighted by atomic mass is 35.5. The summed E-state index contributed by atoms with van der Waals surface area (Å²) in [6.07, 6.45) is 1.02. The van der Waals surface area contributed by atoms with Gasteiger partial charge in [0.2, 0.25) is 0 Å². The molecule has 0 fully saturated rings. The predicted molar refractivity (Wildman–Crippen MR) is 92.8 cm³/mol. The zero-order valence-corrected chi connectivity index (χ0v) is 12.4. The molecule has 116 valence electrons. The second-order valence-electron chi connectivity index (χ2n) is 2.95. The Hall–Kier alpha value is -1.40. The van der Waals surface area contributed by atoms with Crippen LogP contribution in [0.4, 0.5) is 4.39 Å². The minimum Gasteiger partial charge on any atom is -0.255 e. The van der Waals surface area contributed by atoms with Crippen molar-refractivity contribution in [3.63, 3.8) is 0 Å². The van der Waals surface area contributed by atoms with E-state index < -0.39 is 7.15 Å². The number of nitrogens with zero attached hydrogens (tertiary/aromatic N) is 2. The van der Waals surface area contributed by atoms with E-state index in [9.17, 15) is 4.39 Å². The van der Waals surface area contributed by atoms with Gasteiger partial charge in [0.15, 0.2) is 0 Å². The average molecular weight is 348 g/mol. The van der Waals surface area contributed by atoms with Gasteiger partial charge in [0, 0.05) is 9.75 Å². The molecular formula is C15H20ClFN2S2. The van der Waals surface area contributed by atoms with Crippen molar-refractivity contribution in [2.45, 2.75) is 27.7 Å². The Morgan fingerprint density at radius 2 is 1.76 bits per heavy atom. The van der Waals surface area contributed by atoms with Crippen molar-refractivity contribution >= 4 is 34.3 Å². The zero-order valence-electron chi connectivity index (χ0n) is 11.0. The molecule has 0 saturated heterocycles. The quantitative estimate of drug-likeness (QED) is 0.655. The van der Waals surface area contributed by atoms with Gasteiger partial charge in [-0.05, 0) is 23.6 Å². The smallest absolute Gasteiger partial charge is 0.0931 e. The van der Waals surface area contributed by atoms with Crippen LogP contribution in [0.25, 0.3) is 0 Å². The summed E-state index contributed by atoms with van der Waals surface area (Å²) in [6, 6.07) is 11.7. The van der Waals surface area contributed by atoms with E-state index in [0.29, 0.717) is 12.8 Å². The van der Waals surface area contributed by atoms with E-state index in [1.54, 1.807) is 17.4 Å². The molecule has 2 heterocycles. The molecule has 0 N–H and O–H groups in total. The van der Waals surface area contributed by atoms with Crippen molar-refractivity contribution in [1.29, 1.82) is 10.5 Å². The lowest BCUT2D eigenvalue weighted by Gasteiger charge is -1.77. The second kappa shape index (κ2) is 16.7. The minimum atomic E-state index is -1.00. The third kappa shape index (κ3) is 12.1. The number of alkyl halides is 1. The van der Waals surface area contributed by atoms with Crippen LogP contribution in [0, 0.1) is 22.7 Å². The summed E-state index contributed by atoms with van der Waals surface area (Å²) in [5.74, 6) is 0. The Balaban J connectivity index is -0.000000260. The molecule has 2 nitrogen and oxygen atoms in total. The third-order valence-electron chi connectivity index (χ3n) is 1.72. The van der Waals surface area contributed by atoms with Gasteiger partial charge in [0.05, 0.1) is 37.8 Å². The molecule has 0 amide bonds. The van der Waals surface area contributed by atoms with Gasteiger partial charge in [-0.1, -0.05) is 32.5 Å². The first-order valence-electron chi connectivity index (χ1n) is 5.74. The molecule has 0 radical (unpaired) electrons. The van der Waals surface area contributed by atoms with E-state index >= 15 is 0 Å². The van der Waals surface area contributed by atoms with Crippen LogP contribution in [0.1, 0.15) is 26.0 Å². The maximum Gasteiger partial charge on any atom is 0.0931 e. The molecule has 6 heteroatoms. The number of hydrogen-bond donors (Lipinski definition) is 0. The summed E-state index contributed by atoms with van der Waals surface area (Å²) < 4.78 is 16.3. The Kier molecular flexibility index (Phi) is 17.4. The van der Waals surface area contributed by atoms with Crippen molar-refractivity contribution in [1.82, 2.24) is 0 Å². The number of halogens is 2. The van der Waals surface area contributed by atoms with Gasteiger partial charge in [0.1, 0.15) is 0 Å². The normalized spacial score (nSPS) is 7.90. The number of nitriles is 2. The average Bonchev–Trinajstić information content (AvgIpc) is 3.04. The lowest BCUT2D eigenvalue weighted by atomic mass is 10.4. The topological polar surface area (TPSA) is 47.6 Å². The molecule has 0 aliphatic heterocycles. The van der Waals surface area contributed by atoms with Crippen molar-refractivity contribution in [2.75, 3.05) is 7.15 Å². The highest BCUT2D eigenvalue weighted by Crippen LogP contribution is 2.21. The summed E-state index contributed by atoms with van der Waals surface area (Å²) in [5.41, 5.74) is 0. The van der Waals surface area contributed by atoms with Gasteiger partial charge >= 0.3 is 0 Å². The van der Waals surface area contributed by atoms with Gasteiger partial charge in [-0.25, -0.2) is 0 Å². The molecule has 2 aromatic heterocycles. The summed E-state index contributed by atoms with van der Waals surface area (Å²) in [5, 5.41) is 18.4. The molecule has 2 aromatic rings. The highest BCUT2D eigenvalue weighted by Gasteiger charge is 1.94. The van der Waals surface area contributed by atoms with E-state index in [4.69, 9.17) is 23.5 Å². The van der Waals surface area contributed by atoms with Crippen molar-refractivity contribution in [3.05, 3.63) is 43.7 Å². The first-order chi connectivity index (χ1) is 9.67. The predicted octanol–water partition coefficient (Wildman–Crippen LogP) is 6.14. The van der Waals surface area contributed by atoms with Crippen LogP contribution in [-0.2, 0) is 12.8 Å². The molecule has 0 atom stereocenters. The van der Waals surface area contributed by atoms with E-state index in [1.807, 2.05) is 29.6 Å². The Morgan fingerprint density at radius 1 is 1.19 bits per heavy atom. The zero-order chi connectivity index (χ0) is 15.2. The van der Waals surface area contributed by atoms with Gasteiger partial charge in [-0.2, -0.15) is 10.5 Å². The lowest BCUT2D eigenvalue weighted by Crippen LogP contribution is -1.67. The summed E-state index contributed by atoms with van der Waals surface area (Å²) in [4.78, 5) is 2.18. The fraction of sp³-hybridized carbons (Fsp3) is 0.333. The molecule has 0 unspecified atom stereocenters. The molecule has 21 heavy (non-hydrogen) atoms. The highest BCUT2D eigenvalue weighted by molar-refractivity contribution is 7.16. The second-order valence-corrected chi connectivity index (χ2v) is 5.79. The monoisotopic (exact) mass is 347 g/mol. The first kappa shape index (κ1) is 21.9. The van der Waals surface area contributed by atoms with Crippen LogP contribution >= 0.6 is 34.3 Å². The molecule has 0 aromatic carbocycles. The fourth-order valence-corrected chi connectivity index (χ4v) is 2.67. The molecule has 0 spiro atoms. The number of hydrogen-bond acceptors (Lipinski definition) is 4. The number of thiophene rings is 2. The van der Waals surface area contributed by atoms with Gasteiger partial charge in [-0.3, -0.25) is 4.39 Å². The van der Waals surface area contributed by atoms with Crippen LogP contribution in [0.15, 0.2) is 29.6 Å². The molecule has 2 rings (SSSR count). The van der Waals surface area contributed by atoms with Gasteiger partial charge in [0.25, 0.3) is 0 Å². The first-order valence-corrected chi connectivity index (χ1v) is 7.11. The third-order valence-corrected chi connectivity index (χ3v) is 3.82. The lowest BCUT2D eigenvalue weighted by molar-refractivity contribution is 0.636. The Morgan fingerprint density at radius 3 is 2.14 bits per heavy atom. The van der Waals surface area contributed by atoms with E-state index in [0.717, 1.165) is 14.1 Å². The SMILES string of the molecule is C.C.N#CCc1ccc(Cl)s1.N#CCc1cccs1.[2H]CF. The molecule has 0 bridgehead atoms. The summed E-state index contributed by atoms with van der Waals surface area (Å²) >= 11 is 8.69. The van der Waals surface area contributed by atoms with Crippen LogP contribution in [0.3, 0.4) is 0 Å². The molecule has 0 aliphatic carbocycles. The summed E-state index contributed by atoms with van der Waals surface area (Å²) in [6.45, 7) is 0. The van der Waals surface area contributed by atoms with Crippen LogP contribution in [0.5, 0.6) is 0 Å². The maximum absolute atomic E-state index is 9.96. The van der Waals surface area contributed by atoms with Crippen molar-refractivity contribution in [2.24, 2.45) is 0 Å². The van der Waals surface area contributed by atoms with Crippen LogP contribution in [-0.4, -0.2) is 7.15 Å². The van der Waals surface area contributed by atoms with E-state index in [2.05, 4.69) is 6.07 Å². The Bertz CT molecular complexity index is 545. The molecular weight excluding hydrogens is 327 g/mol. The number of rotatable bonds is 2. The van der Waals surface area contributed by atoms with Crippen LogP contribution < -0.4 is 0 Å². The van der Waals surface area contributed by atoms with Crippen molar-refractivity contribution in [3.8, 4) is 12.1 Å². The van der Waals surface area contributed by atoms with Crippen molar-refractivity contribution < 1.29 is 5.76 Å². The maximum atomic E-state index is 9.96. The van der Waals surface area contributed by atoms with Crippen LogP contribution in [0.2, 0.25) is 4.34 Å². The minimum absolute atomic E-state index is 0. The largest absolute Gasteiger partial charge is 0.255 e. The summed E-state index contributed by atoms with van der Waals surface area (Å²) in [7, 11) is -1.00. The molecule has 0 aliphatic rings. The molecule has 0 saturated carbocycles. The van der Waals surface area contributed by atoms with E-state index in [1.165, 1.54) is 11.3 Å². The fourth-order valence-electron chi connectivity index (χ4n) is 1.02. The van der Waals surface area contributed by atoms with Gasteiger partial charge < -0.3 is 0 Å². The Labute approximate surface area is 141 Å². The van der Waals surface area contributed by atoms with Gasteiger partial charge in [-0.15, -0.1) is 22.7 Å². The van der Waals surface area contributed by atoms with E-state index in [-0.39, 0.29) is 14.9 Å². The standard InChI is InChI=1S/C6H4ClNS.C6H5NS.CH3F.2CH4/c7-6-2-1-5(9-6)3-4-8;7-4-3-6-2-1-5-8-6;1-2;;/h1-2H,3H2;1-2,5H,3H2;1H3;2*1H4/i;;1D;;.